The number of fused-ring (bicyclic) bond motifs is 1. The van der Waals surface area contributed by atoms with Crippen molar-refractivity contribution in [2.45, 2.75) is 67.8 Å². The number of cyclic esters (lactones) is 1. The standard InChI is InChI=1S/C26H34O5S/c1-24-11-9-22(28)25(2,15-27)20(24)8-12-26(16-31-26)21(24)14-19(18-10-13-30-23(18)29)32-17-6-4-3-5-7-17/h3-7,10,19-22,27-28H,8-9,11-16H2,1-2H3/t19?,20?,21-,22-,24+,25+,26+/m1/s1. The molecule has 1 aromatic rings. The van der Waals surface area contributed by atoms with E-state index < -0.39 is 11.5 Å². The topological polar surface area (TPSA) is 79.3 Å². The van der Waals surface area contributed by atoms with E-state index in [0.717, 1.165) is 42.8 Å². The van der Waals surface area contributed by atoms with Crippen molar-refractivity contribution in [3.8, 4) is 0 Å². The van der Waals surface area contributed by atoms with Crippen molar-refractivity contribution in [1.82, 2.24) is 0 Å². The molecule has 2 aliphatic carbocycles. The Morgan fingerprint density at radius 1 is 1.19 bits per heavy atom. The lowest BCUT2D eigenvalue weighted by Gasteiger charge is -2.61. The van der Waals surface area contributed by atoms with E-state index in [1.165, 1.54) is 0 Å². The van der Waals surface area contributed by atoms with E-state index in [2.05, 4.69) is 26.0 Å². The van der Waals surface area contributed by atoms with Gasteiger partial charge in [-0.25, -0.2) is 4.79 Å². The number of rotatable bonds is 6. The van der Waals surface area contributed by atoms with Gasteiger partial charge in [0.15, 0.2) is 0 Å². The Labute approximate surface area is 194 Å². The Hall–Kier alpha value is -1.34. The normalized spacial score (nSPS) is 41.7. The zero-order chi connectivity index (χ0) is 22.6. The minimum absolute atomic E-state index is 0.00528. The largest absolute Gasteiger partial charge is 0.458 e. The van der Waals surface area contributed by atoms with E-state index in [4.69, 9.17) is 9.47 Å². The molecule has 1 spiro atoms. The van der Waals surface area contributed by atoms with Gasteiger partial charge in [0.2, 0.25) is 0 Å². The monoisotopic (exact) mass is 458 g/mol. The molecule has 2 N–H and O–H groups in total. The lowest BCUT2D eigenvalue weighted by Crippen LogP contribution is -2.60. The van der Waals surface area contributed by atoms with Crippen LogP contribution in [0.4, 0.5) is 0 Å². The number of aliphatic hydroxyl groups excluding tert-OH is 2. The highest BCUT2D eigenvalue weighted by Crippen LogP contribution is 2.66. The summed E-state index contributed by atoms with van der Waals surface area (Å²) in [4.78, 5) is 13.7. The number of ether oxygens (including phenoxy) is 2. The van der Waals surface area contributed by atoms with Gasteiger partial charge in [-0.3, -0.25) is 0 Å². The second kappa shape index (κ2) is 8.15. The van der Waals surface area contributed by atoms with E-state index in [1.807, 2.05) is 24.3 Å². The summed E-state index contributed by atoms with van der Waals surface area (Å²) in [6, 6.07) is 10.2. The van der Waals surface area contributed by atoms with Gasteiger partial charge in [-0.2, -0.15) is 0 Å². The molecule has 0 aromatic heterocycles. The first kappa shape index (κ1) is 22.5. The number of aliphatic hydroxyl groups is 2. The van der Waals surface area contributed by atoms with Crippen molar-refractivity contribution in [1.29, 1.82) is 0 Å². The lowest BCUT2D eigenvalue weighted by molar-refractivity contribution is -0.176. The molecule has 0 radical (unpaired) electrons. The van der Waals surface area contributed by atoms with E-state index >= 15 is 0 Å². The van der Waals surface area contributed by atoms with E-state index in [0.29, 0.717) is 13.0 Å². The van der Waals surface area contributed by atoms with Crippen molar-refractivity contribution in [2.24, 2.45) is 22.7 Å². The van der Waals surface area contributed by atoms with Gasteiger partial charge in [0.05, 0.1) is 24.9 Å². The molecule has 2 aliphatic heterocycles. The molecule has 32 heavy (non-hydrogen) atoms. The van der Waals surface area contributed by atoms with E-state index in [1.54, 1.807) is 11.8 Å². The lowest BCUT2D eigenvalue weighted by atomic mass is 9.44. The highest BCUT2D eigenvalue weighted by Gasteiger charge is 2.67. The molecule has 2 heterocycles. The van der Waals surface area contributed by atoms with Crippen LogP contribution in [0.25, 0.3) is 0 Å². The average molecular weight is 459 g/mol. The number of epoxide rings is 1. The summed E-state index contributed by atoms with van der Waals surface area (Å²) in [7, 11) is 0. The Balaban J connectivity index is 1.49. The van der Waals surface area contributed by atoms with Crippen molar-refractivity contribution >= 4 is 17.7 Å². The smallest absolute Gasteiger partial charge is 0.335 e. The van der Waals surface area contributed by atoms with Gasteiger partial charge in [-0.15, -0.1) is 11.8 Å². The van der Waals surface area contributed by atoms with Gasteiger partial charge in [-0.1, -0.05) is 32.0 Å². The fourth-order valence-corrected chi connectivity index (χ4v) is 8.32. The number of carbonyl (C=O) groups excluding carboxylic acids is 1. The van der Waals surface area contributed by atoms with Crippen LogP contribution in [0.15, 0.2) is 46.9 Å². The Morgan fingerprint density at radius 2 is 1.94 bits per heavy atom. The number of thioether (sulfide) groups is 1. The van der Waals surface area contributed by atoms with Crippen LogP contribution in [0, 0.1) is 22.7 Å². The number of benzene rings is 1. The Kier molecular flexibility index (Phi) is 5.72. The van der Waals surface area contributed by atoms with Crippen LogP contribution >= 0.6 is 11.8 Å². The van der Waals surface area contributed by atoms with E-state index in [9.17, 15) is 15.0 Å². The Morgan fingerprint density at radius 3 is 2.56 bits per heavy atom. The minimum Gasteiger partial charge on any atom is -0.458 e. The number of carbonyl (C=O) groups is 1. The summed E-state index contributed by atoms with van der Waals surface area (Å²) < 4.78 is 11.5. The highest BCUT2D eigenvalue weighted by molar-refractivity contribution is 8.00. The first-order valence-corrected chi connectivity index (χ1v) is 12.7. The maximum absolute atomic E-state index is 12.6. The van der Waals surface area contributed by atoms with Gasteiger partial charge in [0.25, 0.3) is 0 Å². The van der Waals surface area contributed by atoms with Crippen LogP contribution in [-0.2, 0) is 14.3 Å². The van der Waals surface area contributed by atoms with Crippen molar-refractivity contribution in [2.75, 3.05) is 19.8 Å². The van der Waals surface area contributed by atoms with Crippen LogP contribution < -0.4 is 0 Å². The number of hydrogen-bond acceptors (Lipinski definition) is 6. The molecule has 2 saturated carbocycles. The molecular weight excluding hydrogens is 424 g/mol. The van der Waals surface area contributed by atoms with Gasteiger partial charge in [-0.05, 0) is 67.6 Å². The average Bonchev–Trinajstić information content (AvgIpc) is 3.44. The van der Waals surface area contributed by atoms with Crippen molar-refractivity contribution < 1.29 is 24.5 Å². The van der Waals surface area contributed by atoms with Gasteiger partial charge < -0.3 is 19.7 Å². The molecule has 1 aromatic carbocycles. The molecule has 0 amide bonds. The summed E-state index contributed by atoms with van der Waals surface area (Å²) in [5.41, 5.74) is 0.0585. The quantitative estimate of drug-likeness (QED) is 0.381. The van der Waals surface area contributed by atoms with Crippen molar-refractivity contribution in [3.63, 3.8) is 0 Å². The molecule has 7 atom stereocenters. The highest BCUT2D eigenvalue weighted by atomic mass is 32.2. The molecule has 2 unspecified atom stereocenters. The van der Waals surface area contributed by atoms with Gasteiger partial charge >= 0.3 is 5.97 Å². The fourth-order valence-electron chi connectivity index (χ4n) is 7.07. The van der Waals surface area contributed by atoms with Crippen molar-refractivity contribution in [3.05, 3.63) is 42.0 Å². The molecule has 3 fully saturated rings. The maximum Gasteiger partial charge on any atom is 0.335 e. The SMILES string of the molecule is C[C@]1(CO)C2CC[C@]3(CO3)[C@H](CC(Sc3ccccc3)C3=CCOC3=O)[C@@]2(C)CC[C@H]1O. The first-order chi connectivity index (χ1) is 15.3. The second-order valence-corrected chi connectivity index (χ2v) is 11.9. The predicted molar refractivity (Wildman–Crippen MR) is 123 cm³/mol. The summed E-state index contributed by atoms with van der Waals surface area (Å²) in [5.74, 6) is 0.263. The minimum atomic E-state index is -0.505. The summed E-state index contributed by atoms with van der Waals surface area (Å²) in [6.07, 6.45) is 5.80. The van der Waals surface area contributed by atoms with E-state index in [-0.39, 0.29) is 40.7 Å². The number of esters is 1. The molecule has 4 aliphatic rings. The van der Waals surface area contributed by atoms with Crippen LogP contribution in [0.2, 0.25) is 0 Å². The zero-order valence-corrected chi connectivity index (χ0v) is 19.8. The van der Waals surface area contributed by atoms with Crippen LogP contribution in [-0.4, -0.2) is 53.0 Å². The summed E-state index contributed by atoms with van der Waals surface area (Å²) in [6.45, 7) is 5.51. The summed E-state index contributed by atoms with van der Waals surface area (Å²) in [5, 5.41) is 21.1. The van der Waals surface area contributed by atoms with Crippen LogP contribution in [0.3, 0.4) is 0 Å². The first-order valence-electron chi connectivity index (χ1n) is 11.8. The maximum atomic E-state index is 12.6. The third-order valence-corrected chi connectivity index (χ3v) is 10.3. The molecule has 1 saturated heterocycles. The molecule has 6 heteroatoms. The Bertz CT molecular complexity index is 897. The number of hydrogen-bond donors (Lipinski definition) is 2. The second-order valence-electron chi connectivity index (χ2n) is 10.6. The molecule has 5 nitrogen and oxygen atoms in total. The van der Waals surface area contributed by atoms with Gasteiger partial charge in [0.1, 0.15) is 6.61 Å². The van der Waals surface area contributed by atoms with Gasteiger partial charge in [0, 0.05) is 21.1 Å². The third-order valence-electron chi connectivity index (χ3n) is 9.02. The molecular formula is C26H34O5S. The predicted octanol–water partition coefficient (Wildman–Crippen LogP) is 3.98. The fraction of sp³-hybridized carbons (Fsp3) is 0.654. The third kappa shape index (κ3) is 3.54. The zero-order valence-electron chi connectivity index (χ0n) is 19.0. The summed E-state index contributed by atoms with van der Waals surface area (Å²) >= 11 is 1.73. The molecule has 5 rings (SSSR count). The molecule has 0 bridgehead atoms. The van der Waals surface area contributed by atoms with Crippen LogP contribution in [0.1, 0.15) is 46.0 Å². The molecule has 174 valence electrons. The van der Waals surface area contributed by atoms with Crippen LogP contribution in [0.5, 0.6) is 0 Å².